The molecule has 0 heterocycles. The molecule has 2 heteroatoms. The SMILES string of the molecule is C=C(C)c1ccc(C)cc1.Cc1ccc(C(C)(C)c2ccc(O)cc2)cc1.Oc1ccccc1.[H+]. The van der Waals surface area contributed by atoms with E-state index in [1.54, 1.807) is 36.4 Å². The molecule has 0 spiro atoms. The minimum absolute atomic E-state index is 0. The molecule has 4 rings (SSSR count). The number of phenolic OH excluding ortho intramolecular Hbond substituents is 2. The van der Waals surface area contributed by atoms with E-state index < -0.39 is 0 Å². The van der Waals surface area contributed by atoms with Crippen molar-refractivity contribution in [2.75, 3.05) is 0 Å². The van der Waals surface area contributed by atoms with Crippen molar-refractivity contribution in [3.63, 3.8) is 0 Å². The van der Waals surface area contributed by atoms with Gasteiger partial charge in [0.2, 0.25) is 0 Å². The summed E-state index contributed by atoms with van der Waals surface area (Å²) >= 11 is 0. The van der Waals surface area contributed by atoms with Gasteiger partial charge in [0, 0.05) is 5.41 Å². The summed E-state index contributed by atoms with van der Waals surface area (Å²) in [6, 6.07) is 33.2. The Balaban J connectivity index is 0.000000289. The van der Waals surface area contributed by atoms with E-state index in [0.29, 0.717) is 11.5 Å². The summed E-state index contributed by atoms with van der Waals surface area (Å²) in [5.74, 6) is 0.635. The van der Waals surface area contributed by atoms with Crippen molar-refractivity contribution in [3.05, 3.63) is 138 Å². The van der Waals surface area contributed by atoms with Crippen molar-refractivity contribution in [1.82, 2.24) is 0 Å². The number of allylic oxidation sites excluding steroid dienone is 1. The molecule has 4 aromatic rings. The van der Waals surface area contributed by atoms with Crippen molar-refractivity contribution < 1.29 is 11.6 Å². The van der Waals surface area contributed by atoms with E-state index in [-0.39, 0.29) is 6.84 Å². The first-order valence-corrected chi connectivity index (χ1v) is 11.4. The summed E-state index contributed by atoms with van der Waals surface area (Å²) in [4.78, 5) is 0. The largest absolute Gasteiger partial charge is 1.00 e. The van der Waals surface area contributed by atoms with Crippen LogP contribution in [0.2, 0.25) is 0 Å². The zero-order valence-electron chi connectivity index (χ0n) is 21.9. The van der Waals surface area contributed by atoms with E-state index in [1.807, 2.05) is 25.1 Å². The maximum absolute atomic E-state index is 9.33. The summed E-state index contributed by atoms with van der Waals surface area (Å²) < 4.78 is 0. The van der Waals surface area contributed by atoms with E-state index >= 15 is 0 Å². The van der Waals surface area contributed by atoms with E-state index in [0.717, 1.165) is 5.57 Å². The average molecular weight is 454 g/mol. The predicted octanol–water partition coefficient (Wildman–Crippen LogP) is 8.56. The molecule has 0 aliphatic carbocycles. The van der Waals surface area contributed by atoms with Gasteiger partial charge in [0.05, 0.1) is 0 Å². The molecule has 0 atom stereocenters. The fraction of sp³-hybridized carbons (Fsp3) is 0.188. The van der Waals surface area contributed by atoms with Crippen molar-refractivity contribution in [1.29, 1.82) is 0 Å². The number of aromatic hydroxyl groups is 2. The molecular formula is C32H37O2+. The first kappa shape index (κ1) is 26.5. The molecule has 0 saturated heterocycles. The summed E-state index contributed by atoms with van der Waals surface area (Å²) in [5, 5.41) is 18.0. The topological polar surface area (TPSA) is 40.5 Å². The standard InChI is InChI=1S/C16H18O.C10H12.C6H6O/c1-12-4-6-13(7-5-12)16(2,3)14-8-10-15(17)11-9-14;1-8(2)10-6-4-9(3)5-7-10;7-6-4-2-1-3-5-6/h4-11,17H,1-3H3;4-7H,1H2,2-3H3;1-5,7H/p+1. The number of benzene rings is 4. The zero-order valence-corrected chi connectivity index (χ0v) is 20.9. The summed E-state index contributed by atoms with van der Waals surface area (Å²) in [5.41, 5.74) is 7.38. The van der Waals surface area contributed by atoms with Crippen LogP contribution in [-0.4, -0.2) is 10.2 Å². The van der Waals surface area contributed by atoms with Crippen molar-refractivity contribution in [3.8, 4) is 11.5 Å². The van der Waals surface area contributed by atoms with E-state index in [2.05, 4.69) is 82.8 Å². The Hall–Kier alpha value is -3.78. The van der Waals surface area contributed by atoms with Crippen LogP contribution in [-0.2, 0) is 5.41 Å². The van der Waals surface area contributed by atoms with E-state index in [9.17, 15) is 5.11 Å². The fourth-order valence-corrected chi connectivity index (χ4v) is 3.28. The molecular weight excluding hydrogens is 416 g/mol. The lowest BCUT2D eigenvalue weighted by atomic mass is 9.78. The molecule has 34 heavy (non-hydrogen) atoms. The number of aryl methyl sites for hydroxylation is 2. The van der Waals surface area contributed by atoms with Gasteiger partial charge in [0.1, 0.15) is 11.5 Å². The molecule has 4 aromatic carbocycles. The molecule has 0 saturated carbocycles. The number of para-hydroxylation sites is 1. The summed E-state index contributed by atoms with van der Waals surface area (Å²) in [6.07, 6.45) is 0. The molecule has 0 aliphatic rings. The Morgan fingerprint density at radius 2 is 1.00 bits per heavy atom. The Morgan fingerprint density at radius 1 is 0.618 bits per heavy atom. The summed E-state index contributed by atoms with van der Waals surface area (Å²) in [6.45, 7) is 14.5. The van der Waals surface area contributed by atoms with Crippen LogP contribution in [0.1, 0.15) is 50.0 Å². The molecule has 2 N–H and O–H groups in total. The lowest BCUT2D eigenvalue weighted by molar-refractivity contribution is 0.474. The molecule has 0 fully saturated rings. The fourth-order valence-electron chi connectivity index (χ4n) is 3.28. The van der Waals surface area contributed by atoms with Crippen molar-refractivity contribution >= 4 is 5.57 Å². The highest BCUT2D eigenvalue weighted by atomic mass is 16.3. The first-order valence-electron chi connectivity index (χ1n) is 11.4. The third-order valence-corrected chi connectivity index (χ3v) is 5.66. The lowest BCUT2D eigenvalue weighted by Gasteiger charge is -2.26. The van der Waals surface area contributed by atoms with Crippen molar-refractivity contribution in [2.45, 2.75) is 40.0 Å². The number of rotatable bonds is 3. The molecule has 0 unspecified atom stereocenters. The second-order valence-corrected chi connectivity index (χ2v) is 9.02. The van der Waals surface area contributed by atoms with Crippen LogP contribution in [0.4, 0.5) is 0 Å². The highest BCUT2D eigenvalue weighted by molar-refractivity contribution is 5.61. The molecule has 0 aromatic heterocycles. The average Bonchev–Trinajstić information content (AvgIpc) is 2.81. The van der Waals surface area contributed by atoms with Gasteiger partial charge < -0.3 is 10.2 Å². The Bertz CT molecular complexity index is 1100. The third kappa shape index (κ3) is 8.29. The lowest BCUT2D eigenvalue weighted by Crippen LogP contribution is -2.18. The quantitative estimate of drug-likeness (QED) is 0.326. The van der Waals surface area contributed by atoms with Crippen molar-refractivity contribution in [2.24, 2.45) is 0 Å². The molecule has 0 amide bonds. The minimum Gasteiger partial charge on any atom is -0.508 e. The van der Waals surface area contributed by atoms with Crippen LogP contribution in [0.3, 0.4) is 0 Å². The van der Waals surface area contributed by atoms with E-state index in [1.165, 1.54) is 27.8 Å². The number of hydrogen-bond acceptors (Lipinski definition) is 2. The Kier molecular flexibility index (Phi) is 9.70. The molecule has 0 bridgehead atoms. The van der Waals surface area contributed by atoms with Gasteiger partial charge in [-0.2, -0.15) is 0 Å². The van der Waals surface area contributed by atoms with Gasteiger partial charge >= 0.3 is 1.43 Å². The van der Waals surface area contributed by atoms with Crippen LogP contribution in [0.5, 0.6) is 11.5 Å². The zero-order chi connectivity index (χ0) is 25.1. The smallest absolute Gasteiger partial charge is 0.508 e. The molecule has 0 radical (unpaired) electrons. The van der Waals surface area contributed by atoms with Gasteiger partial charge in [0.25, 0.3) is 0 Å². The first-order chi connectivity index (χ1) is 16.1. The van der Waals surface area contributed by atoms with Crippen LogP contribution < -0.4 is 0 Å². The number of hydrogen-bond donors (Lipinski definition) is 2. The van der Waals surface area contributed by atoms with Gasteiger partial charge in [0.15, 0.2) is 0 Å². The molecule has 176 valence electrons. The molecule has 2 nitrogen and oxygen atoms in total. The van der Waals surface area contributed by atoms with Crippen LogP contribution >= 0.6 is 0 Å². The van der Waals surface area contributed by atoms with E-state index in [4.69, 9.17) is 5.11 Å². The second kappa shape index (κ2) is 12.5. The van der Waals surface area contributed by atoms with Gasteiger partial charge in [-0.25, -0.2) is 0 Å². The highest BCUT2D eigenvalue weighted by Gasteiger charge is 2.22. The van der Waals surface area contributed by atoms with Gasteiger partial charge in [-0.05, 0) is 61.7 Å². The maximum Gasteiger partial charge on any atom is 1.00 e. The maximum atomic E-state index is 9.33. The Morgan fingerprint density at radius 3 is 1.38 bits per heavy atom. The highest BCUT2D eigenvalue weighted by Crippen LogP contribution is 2.32. The third-order valence-electron chi connectivity index (χ3n) is 5.66. The number of phenols is 2. The van der Waals surface area contributed by atoms with Gasteiger partial charge in [-0.1, -0.05) is 116 Å². The minimum atomic E-state index is -0.0403. The van der Waals surface area contributed by atoms with Gasteiger partial charge in [-0.15, -0.1) is 0 Å². The Labute approximate surface area is 206 Å². The van der Waals surface area contributed by atoms with Crippen LogP contribution in [0.25, 0.3) is 5.57 Å². The normalized spacial score (nSPS) is 10.3. The second-order valence-electron chi connectivity index (χ2n) is 9.02. The molecule has 0 aliphatic heterocycles. The van der Waals surface area contributed by atoms with Gasteiger partial charge in [-0.3, -0.25) is 0 Å². The monoisotopic (exact) mass is 453 g/mol. The van der Waals surface area contributed by atoms with Crippen LogP contribution in [0.15, 0.2) is 110 Å². The summed E-state index contributed by atoms with van der Waals surface area (Å²) in [7, 11) is 0. The van der Waals surface area contributed by atoms with Crippen LogP contribution in [0, 0.1) is 13.8 Å². The predicted molar refractivity (Wildman–Crippen MR) is 147 cm³/mol.